The zero-order chi connectivity index (χ0) is 19.1. The minimum absolute atomic E-state index is 0.0731. The first-order chi connectivity index (χ1) is 13.2. The Morgan fingerprint density at radius 2 is 1.93 bits per heavy atom. The van der Waals surface area contributed by atoms with Crippen molar-refractivity contribution in [1.29, 1.82) is 0 Å². The van der Waals surface area contributed by atoms with E-state index >= 15 is 0 Å². The molecule has 3 rings (SSSR count). The van der Waals surface area contributed by atoms with Gasteiger partial charge in [0.15, 0.2) is 0 Å². The van der Waals surface area contributed by atoms with E-state index in [1.165, 1.54) is 24.1 Å². The normalized spacial score (nSPS) is 14.3. The van der Waals surface area contributed by atoms with Gasteiger partial charge in [-0.1, -0.05) is 31.9 Å². The number of unbranched alkanes of at least 4 members (excludes halogenated alkanes) is 2. The highest BCUT2D eigenvalue weighted by Gasteiger charge is 2.22. The van der Waals surface area contributed by atoms with Crippen LogP contribution in [0.2, 0.25) is 0 Å². The number of hydrogen-bond donors (Lipinski definition) is 1. The Bertz CT molecular complexity index is 736. The number of benzene rings is 1. The fraction of sp³-hybridized carbons (Fsp3) is 0.455. The third-order valence-corrected chi connectivity index (χ3v) is 5.03. The molecule has 2 heterocycles. The Balaban J connectivity index is 1.51. The zero-order valence-electron chi connectivity index (χ0n) is 16.4. The van der Waals surface area contributed by atoms with E-state index in [0.717, 1.165) is 45.0 Å². The van der Waals surface area contributed by atoms with Gasteiger partial charge in [-0.2, -0.15) is 0 Å². The van der Waals surface area contributed by atoms with Gasteiger partial charge in [-0.3, -0.25) is 4.79 Å². The van der Waals surface area contributed by atoms with E-state index in [1.54, 1.807) is 6.20 Å². The molecule has 0 spiro atoms. The van der Waals surface area contributed by atoms with E-state index in [2.05, 4.69) is 53.3 Å². The molecular formula is C22H30N4O. The quantitative estimate of drug-likeness (QED) is 0.754. The second-order valence-corrected chi connectivity index (χ2v) is 7.18. The summed E-state index contributed by atoms with van der Waals surface area (Å²) in [5.41, 5.74) is 3.17. The van der Waals surface area contributed by atoms with Crippen molar-refractivity contribution in [3.63, 3.8) is 0 Å². The first-order valence-electron chi connectivity index (χ1n) is 9.98. The molecule has 1 aliphatic heterocycles. The number of piperazine rings is 1. The van der Waals surface area contributed by atoms with Gasteiger partial charge in [-0.05, 0) is 43.2 Å². The fourth-order valence-electron chi connectivity index (χ4n) is 3.39. The van der Waals surface area contributed by atoms with Gasteiger partial charge in [0.05, 0.1) is 5.56 Å². The second-order valence-electron chi connectivity index (χ2n) is 7.18. The van der Waals surface area contributed by atoms with Crippen LogP contribution in [0.3, 0.4) is 0 Å². The van der Waals surface area contributed by atoms with E-state index in [9.17, 15) is 4.79 Å². The molecule has 1 N–H and O–H groups in total. The lowest BCUT2D eigenvalue weighted by Gasteiger charge is -2.36. The van der Waals surface area contributed by atoms with Gasteiger partial charge in [-0.25, -0.2) is 4.98 Å². The van der Waals surface area contributed by atoms with Crippen LogP contribution in [0.5, 0.6) is 0 Å². The highest BCUT2D eigenvalue weighted by molar-refractivity contribution is 5.94. The van der Waals surface area contributed by atoms with Crippen molar-refractivity contribution >= 4 is 17.4 Å². The largest absolute Gasteiger partial charge is 0.370 e. The van der Waals surface area contributed by atoms with Gasteiger partial charge in [0.25, 0.3) is 5.91 Å². The number of rotatable bonds is 7. The molecule has 0 unspecified atom stereocenters. The maximum atomic E-state index is 12.8. The van der Waals surface area contributed by atoms with Gasteiger partial charge in [0.2, 0.25) is 0 Å². The molecule has 1 saturated heterocycles. The number of aryl methyl sites for hydroxylation is 1. The molecule has 27 heavy (non-hydrogen) atoms. The zero-order valence-corrected chi connectivity index (χ0v) is 16.4. The third kappa shape index (κ3) is 5.22. The van der Waals surface area contributed by atoms with Crippen LogP contribution in [0, 0.1) is 6.92 Å². The van der Waals surface area contributed by atoms with Crippen LogP contribution in [-0.2, 0) is 0 Å². The molecule has 1 aromatic heterocycles. The van der Waals surface area contributed by atoms with Crippen LogP contribution in [0.4, 0.5) is 11.5 Å². The number of amides is 1. The summed E-state index contributed by atoms with van der Waals surface area (Å²) in [4.78, 5) is 21.4. The molecule has 1 aromatic carbocycles. The molecule has 5 nitrogen and oxygen atoms in total. The molecule has 0 bridgehead atoms. The highest BCUT2D eigenvalue weighted by atomic mass is 16.2. The molecule has 144 valence electrons. The summed E-state index contributed by atoms with van der Waals surface area (Å²) in [6.07, 6.45) is 5.26. The maximum absolute atomic E-state index is 12.8. The molecular weight excluding hydrogens is 336 g/mol. The summed E-state index contributed by atoms with van der Waals surface area (Å²) in [5, 5.41) is 3.31. The minimum Gasteiger partial charge on any atom is -0.370 e. The van der Waals surface area contributed by atoms with Crippen LogP contribution in [-0.4, -0.2) is 48.5 Å². The van der Waals surface area contributed by atoms with Gasteiger partial charge in [0, 0.05) is 44.6 Å². The van der Waals surface area contributed by atoms with E-state index in [4.69, 9.17) is 0 Å². The van der Waals surface area contributed by atoms with Crippen molar-refractivity contribution in [3.8, 4) is 0 Å². The van der Waals surface area contributed by atoms with Crippen molar-refractivity contribution in [3.05, 3.63) is 53.7 Å². The number of carbonyl (C=O) groups excluding carboxylic acids is 1. The number of aromatic nitrogens is 1. The Labute approximate surface area is 162 Å². The summed E-state index contributed by atoms with van der Waals surface area (Å²) in [6, 6.07) is 12.3. The topological polar surface area (TPSA) is 48.5 Å². The number of hydrogen-bond acceptors (Lipinski definition) is 4. The Kier molecular flexibility index (Phi) is 6.69. The smallest absolute Gasteiger partial charge is 0.255 e. The Hall–Kier alpha value is -2.56. The molecule has 0 saturated carbocycles. The first kappa shape index (κ1) is 19.2. The van der Waals surface area contributed by atoms with Gasteiger partial charge < -0.3 is 15.1 Å². The molecule has 0 aliphatic carbocycles. The maximum Gasteiger partial charge on any atom is 0.255 e. The van der Waals surface area contributed by atoms with E-state index < -0.39 is 0 Å². The number of nitrogens with one attached hydrogen (secondary N) is 1. The Morgan fingerprint density at radius 1 is 1.11 bits per heavy atom. The lowest BCUT2D eigenvalue weighted by Crippen LogP contribution is -2.48. The lowest BCUT2D eigenvalue weighted by molar-refractivity contribution is 0.0746. The van der Waals surface area contributed by atoms with Crippen molar-refractivity contribution in [2.75, 3.05) is 42.9 Å². The summed E-state index contributed by atoms with van der Waals surface area (Å²) < 4.78 is 0. The molecule has 2 aromatic rings. The lowest BCUT2D eigenvalue weighted by atomic mass is 10.1. The molecule has 1 fully saturated rings. The number of carbonyl (C=O) groups is 1. The Morgan fingerprint density at radius 3 is 2.59 bits per heavy atom. The SMILES string of the molecule is CCCCCNc1ccc(C(=O)N2CCN(c3cccc(C)c3)CC2)cn1. The standard InChI is InChI=1S/C22H30N4O/c1-3-4-5-11-23-21-10-9-19(17-24-21)22(27)26-14-12-25(13-15-26)20-8-6-7-18(2)16-20/h6-10,16-17H,3-5,11-15H2,1-2H3,(H,23,24). The van der Waals surface area contributed by atoms with Crippen LogP contribution in [0.25, 0.3) is 0 Å². The molecule has 0 atom stereocenters. The number of nitrogens with zero attached hydrogens (tertiary/aromatic N) is 3. The van der Waals surface area contributed by atoms with Crippen LogP contribution < -0.4 is 10.2 Å². The van der Waals surface area contributed by atoms with E-state index in [-0.39, 0.29) is 5.91 Å². The first-order valence-corrected chi connectivity index (χ1v) is 9.98. The highest BCUT2D eigenvalue weighted by Crippen LogP contribution is 2.19. The predicted molar refractivity (Wildman–Crippen MR) is 112 cm³/mol. The van der Waals surface area contributed by atoms with E-state index in [0.29, 0.717) is 5.56 Å². The summed E-state index contributed by atoms with van der Waals surface area (Å²) >= 11 is 0. The third-order valence-electron chi connectivity index (χ3n) is 5.03. The van der Waals surface area contributed by atoms with E-state index in [1.807, 2.05) is 17.0 Å². The molecule has 1 aliphatic rings. The van der Waals surface area contributed by atoms with Crippen molar-refractivity contribution in [1.82, 2.24) is 9.88 Å². The molecule has 5 heteroatoms. The minimum atomic E-state index is 0.0731. The van der Waals surface area contributed by atoms with Crippen molar-refractivity contribution in [2.24, 2.45) is 0 Å². The fourth-order valence-corrected chi connectivity index (χ4v) is 3.39. The van der Waals surface area contributed by atoms with Crippen molar-refractivity contribution in [2.45, 2.75) is 33.1 Å². The van der Waals surface area contributed by atoms with Crippen molar-refractivity contribution < 1.29 is 4.79 Å². The average Bonchev–Trinajstić information content (AvgIpc) is 2.71. The summed E-state index contributed by atoms with van der Waals surface area (Å²) in [6.45, 7) is 8.43. The second kappa shape index (κ2) is 9.40. The number of anilines is 2. The predicted octanol–water partition coefficient (Wildman–Crippen LogP) is 3.95. The van der Waals surface area contributed by atoms with Crippen LogP contribution >= 0.6 is 0 Å². The molecule has 0 radical (unpaired) electrons. The van der Waals surface area contributed by atoms with Crippen LogP contribution in [0.15, 0.2) is 42.6 Å². The summed E-state index contributed by atoms with van der Waals surface area (Å²) in [7, 11) is 0. The summed E-state index contributed by atoms with van der Waals surface area (Å²) in [5.74, 6) is 0.913. The monoisotopic (exact) mass is 366 g/mol. The number of pyridine rings is 1. The van der Waals surface area contributed by atoms with Gasteiger partial charge >= 0.3 is 0 Å². The van der Waals surface area contributed by atoms with Gasteiger partial charge in [-0.15, -0.1) is 0 Å². The average molecular weight is 367 g/mol. The van der Waals surface area contributed by atoms with Gasteiger partial charge in [0.1, 0.15) is 5.82 Å². The van der Waals surface area contributed by atoms with Crippen LogP contribution in [0.1, 0.15) is 42.1 Å². The molecule has 1 amide bonds.